The molecule has 3 rings (SSSR count). The van der Waals surface area contributed by atoms with Gasteiger partial charge < -0.3 is 5.11 Å². The summed E-state index contributed by atoms with van der Waals surface area (Å²) < 4.78 is 0. The van der Waals surface area contributed by atoms with Gasteiger partial charge in [-0.1, -0.05) is 29.8 Å². The van der Waals surface area contributed by atoms with Gasteiger partial charge in [0.2, 0.25) is 0 Å². The summed E-state index contributed by atoms with van der Waals surface area (Å²) in [6.45, 7) is 0. The van der Waals surface area contributed by atoms with E-state index < -0.39 is 6.10 Å². The van der Waals surface area contributed by atoms with Crippen molar-refractivity contribution in [2.45, 2.75) is 31.8 Å². The number of fused-ring (bicyclic) bond motifs is 1. The van der Waals surface area contributed by atoms with Gasteiger partial charge in [0.15, 0.2) is 0 Å². The fraction of sp³-hybridized carbons (Fsp3) is 0.312. The van der Waals surface area contributed by atoms with E-state index in [1.165, 1.54) is 29.5 Å². The zero-order valence-electron chi connectivity index (χ0n) is 10.6. The molecule has 0 spiro atoms. The molecule has 1 heterocycles. The Kier molecular flexibility index (Phi) is 3.54. The van der Waals surface area contributed by atoms with E-state index in [9.17, 15) is 5.11 Å². The van der Waals surface area contributed by atoms with Gasteiger partial charge in [-0.15, -0.1) is 0 Å². The summed E-state index contributed by atoms with van der Waals surface area (Å²) in [6.07, 6.45) is 6.85. The third-order valence-corrected chi connectivity index (χ3v) is 4.07. The lowest BCUT2D eigenvalue weighted by Gasteiger charge is -2.13. The van der Waals surface area contributed by atoms with E-state index in [1.807, 2.05) is 0 Å². The minimum Gasteiger partial charge on any atom is -0.388 e. The lowest BCUT2D eigenvalue weighted by molar-refractivity contribution is 0.178. The molecule has 1 aliphatic rings. The maximum absolute atomic E-state index is 10.3. The summed E-state index contributed by atoms with van der Waals surface area (Å²) >= 11 is 6.06. The van der Waals surface area contributed by atoms with Crippen molar-refractivity contribution >= 4 is 11.6 Å². The minimum atomic E-state index is -0.574. The van der Waals surface area contributed by atoms with Gasteiger partial charge in [-0.25, -0.2) is 0 Å². The van der Waals surface area contributed by atoms with Gasteiger partial charge in [0, 0.05) is 24.4 Å². The molecule has 2 nitrogen and oxygen atoms in total. The molecule has 19 heavy (non-hydrogen) atoms. The second-order valence-corrected chi connectivity index (χ2v) is 5.48. The monoisotopic (exact) mass is 273 g/mol. The van der Waals surface area contributed by atoms with Crippen LogP contribution in [0.3, 0.4) is 0 Å². The molecule has 2 aromatic rings. The number of aliphatic hydroxyl groups is 1. The Bertz CT molecular complexity index is 597. The number of rotatable bonds is 3. The standard InChI is InChI=1S/C16H16ClNO/c17-15-10-18-7-6-14(15)16(19)9-11-4-5-12-2-1-3-13(12)8-11/h4-8,10,16,19H,1-3,9H2. The van der Waals surface area contributed by atoms with Crippen LogP contribution in [0.1, 0.15) is 34.8 Å². The fourth-order valence-corrected chi connectivity index (χ4v) is 2.99. The number of benzene rings is 1. The van der Waals surface area contributed by atoms with Crippen LogP contribution in [0.2, 0.25) is 5.02 Å². The van der Waals surface area contributed by atoms with E-state index in [0.717, 1.165) is 12.0 Å². The van der Waals surface area contributed by atoms with Crippen LogP contribution in [-0.2, 0) is 19.3 Å². The topological polar surface area (TPSA) is 33.1 Å². The van der Waals surface area contributed by atoms with Gasteiger partial charge >= 0.3 is 0 Å². The normalized spacial score (nSPS) is 15.3. The fourth-order valence-electron chi connectivity index (χ4n) is 2.74. The first-order valence-electron chi connectivity index (χ1n) is 6.62. The Hall–Kier alpha value is -1.38. The molecule has 1 aliphatic carbocycles. The average Bonchev–Trinajstić information content (AvgIpc) is 2.86. The molecule has 0 saturated heterocycles. The molecule has 98 valence electrons. The summed E-state index contributed by atoms with van der Waals surface area (Å²) in [4.78, 5) is 3.94. The lowest BCUT2D eigenvalue weighted by atomic mass is 9.99. The van der Waals surface area contributed by atoms with Crippen molar-refractivity contribution in [3.05, 3.63) is 63.9 Å². The summed E-state index contributed by atoms with van der Waals surface area (Å²) in [5.74, 6) is 0. The summed E-state index contributed by atoms with van der Waals surface area (Å²) in [5, 5.41) is 10.8. The number of hydrogen-bond acceptors (Lipinski definition) is 2. The van der Waals surface area contributed by atoms with Crippen LogP contribution in [0, 0.1) is 0 Å². The van der Waals surface area contributed by atoms with Crippen LogP contribution in [0.15, 0.2) is 36.7 Å². The molecule has 0 fully saturated rings. The number of hydrogen-bond donors (Lipinski definition) is 1. The highest BCUT2D eigenvalue weighted by molar-refractivity contribution is 6.31. The maximum Gasteiger partial charge on any atom is 0.0845 e. The van der Waals surface area contributed by atoms with E-state index in [4.69, 9.17) is 11.6 Å². The lowest BCUT2D eigenvalue weighted by Crippen LogP contribution is -2.03. The largest absolute Gasteiger partial charge is 0.388 e. The predicted octanol–water partition coefficient (Wildman–Crippen LogP) is 3.50. The van der Waals surface area contributed by atoms with Gasteiger partial charge in [-0.05, 0) is 42.0 Å². The van der Waals surface area contributed by atoms with Gasteiger partial charge in [0.25, 0.3) is 0 Å². The number of aliphatic hydroxyl groups excluding tert-OH is 1. The summed E-state index contributed by atoms with van der Waals surface area (Å²) in [5.41, 5.74) is 4.81. The van der Waals surface area contributed by atoms with E-state index in [-0.39, 0.29) is 0 Å². The van der Waals surface area contributed by atoms with Crippen molar-refractivity contribution in [3.8, 4) is 0 Å². The maximum atomic E-state index is 10.3. The summed E-state index contributed by atoms with van der Waals surface area (Å²) in [6, 6.07) is 8.31. The number of aromatic nitrogens is 1. The Morgan fingerprint density at radius 2 is 2.05 bits per heavy atom. The molecule has 1 aromatic carbocycles. The molecule has 0 amide bonds. The Morgan fingerprint density at radius 1 is 1.21 bits per heavy atom. The van der Waals surface area contributed by atoms with Crippen molar-refractivity contribution in [2.24, 2.45) is 0 Å². The molecular formula is C16H16ClNO. The first-order valence-corrected chi connectivity index (χ1v) is 7.00. The van der Waals surface area contributed by atoms with Crippen LogP contribution >= 0.6 is 11.6 Å². The highest BCUT2D eigenvalue weighted by Gasteiger charge is 2.15. The van der Waals surface area contributed by atoms with Crippen molar-refractivity contribution < 1.29 is 5.11 Å². The molecule has 1 aromatic heterocycles. The third kappa shape index (κ3) is 2.65. The number of halogens is 1. The second-order valence-electron chi connectivity index (χ2n) is 5.07. The minimum absolute atomic E-state index is 0.524. The molecule has 1 atom stereocenters. The van der Waals surface area contributed by atoms with E-state index in [2.05, 4.69) is 23.2 Å². The van der Waals surface area contributed by atoms with Crippen molar-refractivity contribution in [1.29, 1.82) is 0 Å². The molecular weight excluding hydrogens is 258 g/mol. The highest BCUT2D eigenvalue weighted by Crippen LogP contribution is 2.27. The molecule has 3 heteroatoms. The average molecular weight is 274 g/mol. The quantitative estimate of drug-likeness (QED) is 0.928. The van der Waals surface area contributed by atoms with Crippen molar-refractivity contribution in [1.82, 2.24) is 4.98 Å². The van der Waals surface area contributed by atoms with Gasteiger partial charge in [-0.3, -0.25) is 4.98 Å². The van der Waals surface area contributed by atoms with Crippen LogP contribution in [0.25, 0.3) is 0 Å². The van der Waals surface area contributed by atoms with Crippen molar-refractivity contribution in [3.63, 3.8) is 0 Å². The number of aryl methyl sites for hydroxylation is 2. The van der Waals surface area contributed by atoms with E-state index in [1.54, 1.807) is 18.5 Å². The second kappa shape index (κ2) is 5.32. The smallest absolute Gasteiger partial charge is 0.0845 e. The van der Waals surface area contributed by atoms with Crippen LogP contribution in [-0.4, -0.2) is 10.1 Å². The van der Waals surface area contributed by atoms with Crippen LogP contribution in [0.4, 0.5) is 0 Å². The summed E-state index contributed by atoms with van der Waals surface area (Å²) in [7, 11) is 0. The number of pyridine rings is 1. The zero-order chi connectivity index (χ0) is 13.2. The highest BCUT2D eigenvalue weighted by atomic mass is 35.5. The number of nitrogens with zero attached hydrogens (tertiary/aromatic N) is 1. The molecule has 1 N–H and O–H groups in total. The van der Waals surface area contributed by atoms with Crippen molar-refractivity contribution in [2.75, 3.05) is 0 Å². The molecule has 0 aliphatic heterocycles. The zero-order valence-corrected chi connectivity index (χ0v) is 11.4. The van der Waals surface area contributed by atoms with Gasteiger partial charge in [-0.2, -0.15) is 0 Å². The first-order chi connectivity index (χ1) is 9.24. The molecule has 0 radical (unpaired) electrons. The SMILES string of the molecule is OC(Cc1ccc2c(c1)CCC2)c1ccncc1Cl. The Labute approximate surface area is 118 Å². The van der Waals surface area contributed by atoms with E-state index >= 15 is 0 Å². The van der Waals surface area contributed by atoms with Gasteiger partial charge in [0.1, 0.15) is 0 Å². The van der Waals surface area contributed by atoms with Gasteiger partial charge in [0.05, 0.1) is 11.1 Å². The van der Waals surface area contributed by atoms with Crippen LogP contribution in [0.5, 0.6) is 0 Å². The molecule has 0 bridgehead atoms. The van der Waals surface area contributed by atoms with Crippen LogP contribution < -0.4 is 0 Å². The molecule has 0 saturated carbocycles. The molecule has 1 unspecified atom stereocenters. The first kappa shape index (κ1) is 12.6. The predicted molar refractivity (Wildman–Crippen MR) is 76.4 cm³/mol. The third-order valence-electron chi connectivity index (χ3n) is 3.75. The Morgan fingerprint density at radius 3 is 2.89 bits per heavy atom. The van der Waals surface area contributed by atoms with E-state index in [0.29, 0.717) is 11.4 Å². The Balaban J connectivity index is 1.80.